The van der Waals surface area contributed by atoms with Crippen molar-refractivity contribution in [1.29, 1.82) is 0 Å². The molecule has 0 saturated carbocycles. The molecule has 0 saturated heterocycles. The zero-order valence-corrected chi connectivity index (χ0v) is 7.92. The molecule has 1 aromatic rings. The van der Waals surface area contributed by atoms with Gasteiger partial charge in [-0.3, -0.25) is 0 Å². The molecule has 1 aliphatic rings. The molecule has 1 heterocycles. The Morgan fingerprint density at radius 2 is 2.23 bits per heavy atom. The molecule has 1 aliphatic heterocycles. The van der Waals surface area contributed by atoms with Crippen LogP contribution in [0, 0.1) is 0 Å². The first-order valence-electron chi connectivity index (χ1n) is 4.81. The van der Waals surface area contributed by atoms with E-state index in [2.05, 4.69) is 17.4 Å². The third-order valence-corrected chi connectivity index (χ3v) is 2.54. The summed E-state index contributed by atoms with van der Waals surface area (Å²) in [5, 5.41) is 3.32. The topological polar surface area (TPSA) is 21.3 Å². The van der Waals surface area contributed by atoms with E-state index >= 15 is 0 Å². The van der Waals surface area contributed by atoms with E-state index in [1.54, 1.807) is 0 Å². The van der Waals surface area contributed by atoms with Crippen LogP contribution >= 0.6 is 0 Å². The second kappa shape index (κ2) is 3.79. The Morgan fingerprint density at radius 1 is 1.38 bits per heavy atom. The van der Waals surface area contributed by atoms with Gasteiger partial charge in [0.25, 0.3) is 0 Å². The van der Waals surface area contributed by atoms with Crippen LogP contribution in [-0.4, -0.2) is 13.7 Å². The third kappa shape index (κ3) is 1.68. The molecule has 0 fully saturated rings. The molecule has 0 bridgehead atoms. The van der Waals surface area contributed by atoms with Crippen molar-refractivity contribution >= 4 is 0 Å². The normalized spacial score (nSPS) is 21.5. The fourth-order valence-electron chi connectivity index (χ4n) is 1.82. The molecule has 1 unspecified atom stereocenters. The van der Waals surface area contributed by atoms with E-state index < -0.39 is 0 Å². The molecule has 2 heteroatoms. The van der Waals surface area contributed by atoms with E-state index in [0.717, 1.165) is 25.2 Å². The van der Waals surface area contributed by atoms with Crippen molar-refractivity contribution in [1.82, 2.24) is 5.32 Å². The number of fused-ring (bicyclic) bond motifs is 1. The summed E-state index contributed by atoms with van der Waals surface area (Å²) in [5.41, 5.74) is 1.29. The van der Waals surface area contributed by atoms with Crippen LogP contribution < -0.4 is 10.1 Å². The third-order valence-electron chi connectivity index (χ3n) is 2.54. The van der Waals surface area contributed by atoms with Gasteiger partial charge in [-0.25, -0.2) is 0 Å². The molecule has 2 nitrogen and oxygen atoms in total. The van der Waals surface area contributed by atoms with Gasteiger partial charge in [-0.1, -0.05) is 18.2 Å². The van der Waals surface area contributed by atoms with Gasteiger partial charge >= 0.3 is 0 Å². The standard InChI is InChI=1S/C11H15NO/c1-12-10-6-4-8-13-11-7-3-2-5-9(10)11/h2-3,5,7,10,12H,4,6,8H2,1H3. The van der Waals surface area contributed by atoms with Gasteiger partial charge in [0.1, 0.15) is 5.75 Å². The fraction of sp³-hybridized carbons (Fsp3) is 0.455. The summed E-state index contributed by atoms with van der Waals surface area (Å²) in [6, 6.07) is 8.74. The molecule has 0 spiro atoms. The van der Waals surface area contributed by atoms with Crippen LogP contribution in [-0.2, 0) is 0 Å². The van der Waals surface area contributed by atoms with Crippen LogP contribution in [0.2, 0.25) is 0 Å². The first-order chi connectivity index (χ1) is 6.42. The van der Waals surface area contributed by atoms with Crippen molar-refractivity contribution in [3.8, 4) is 5.75 Å². The van der Waals surface area contributed by atoms with E-state index in [1.807, 2.05) is 19.2 Å². The zero-order valence-electron chi connectivity index (χ0n) is 7.92. The van der Waals surface area contributed by atoms with Gasteiger partial charge < -0.3 is 10.1 Å². The predicted molar refractivity (Wildman–Crippen MR) is 53.0 cm³/mol. The molecular weight excluding hydrogens is 162 g/mol. The molecule has 1 aromatic carbocycles. The molecular formula is C11H15NO. The highest BCUT2D eigenvalue weighted by Gasteiger charge is 2.16. The summed E-state index contributed by atoms with van der Waals surface area (Å²) in [5.74, 6) is 1.04. The van der Waals surface area contributed by atoms with Crippen LogP contribution in [0.3, 0.4) is 0 Å². The van der Waals surface area contributed by atoms with Crippen LogP contribution in [0.5, 0.6) is 5.75 Å². The molecule has 1 N–H and O–H groups in total. The lowest BCUT2D eigenvalue weighted by Crippen LogP contribution is -2.15. The van der Waals surface area contributed by atoms with E-state index in [1.165, 1.54) is 5.56 Å². The number of nitrogens with one attached hydrogen (secondary N) is 1. The summed E-state index contributed by atoms with van der Waals surface area (Å²) < 4.78 is 5.64. The lowest BCUT2D eigenvalue weighted by atomic mass is 10.0. The van der Waals surface area contributed by atoms with Crippen molar-refractivity contribution in [2.45, 2.75) is 18.9 Å². The highest BCUT2D eigenvalue weighted by Crippen LogP contribution is 2.30. The Kier molecular flexibility index (Phi) is 2.50. The molecule has 0 amide bonds. The Morgan fingerprint density at radius 3 is 3.08 bits per heavy atom. The van der Waals surface area contributed by atoms with Gasteiger partial charge in [-0.15, -0.1) is 0 Å². The minimum atomic E-state index is 0.457. The number of para-hydroxylation sites is 1. The van der Waals surface area contributed by atoms with Crippen LogP contribution in [0.4, 0.5) is 0 Å². The lowest BCUT2D eigenvalue weighted by molar-refractivity contribution is 0.315. The minimum Gasteiger partial charge on any atom is -0.493 e. The quantitative estimate of drug-likeness (QED) is 0.709. The maximum absolute atomic E-state index is 5.64. The van der Waals surface area contributed by atoms with Crippen molar-refractivity contribution in [3.05, 3.63) is 29.8 Å². The number of rotatable bonds is 1. The zero-order chi connectivity index (χ0) is 9.10. The van der Waals surface area contributed by atoms with Crippen molar-refractivity contribution < 1.29 is 4.74 Å². The van der Waals surface area contributed by atoms with Crippen molar-refractivity contribution in [2.75, 3.05) is 13.7 Å². The fourth-order valence-corrected chi connectivity index (χ4v) is 1.82. The van der Waals surface area contributed by atoms with Crippen LogP contribution in [0.15, 0.2) is 24.3 Å². The van der Waals surface area contributed by atoms with E-state index in [4.69, 9.17) is 4.74 Å². The maximum atomic E-state index is 5.64. The molecule has 0 radical (unpaired) electrons. The smallest absolute Gasteiger partial charge is 0.124 e. The van der Waals surface area contributed by atoms with E-state index in [0.29, 0.717) is 6.04 Å². The molecule has 70 valence electrons. The average molecular weight is 177 g/mol. The summed E-state index contributed by atoms with van der Waals surface area (Å²) >= 11 is 0. The average Bonchev–Trinajstić information content (AvgIpc) is 2.39. The van der Waals surface area contributed by atoms with Gasteiger partial charge in [0.2, 0.25) is 0 Å². The molecule has 13 heavy (non-hydrogen) atoms. The number of hydrogen-bond acceptors (Lipinski definition) is 2. The molecule has 0 aliphatic carbocycles. The van der Waals surface area contributed by atoms with Gasteiger partial charge in [-0.05, 0) is 26.0 Å². The SMILES string of the molecule is CNC1CCCOc2ccccc21. The second-order valence-electron chi connectivity index (χ2n) is 3.37. The summed E-state index contributed by atoms with van der Waals surface area (Å²) in [4.78, 5) is 0. The van der Waals surface area contributed by atoms with Crippen molar-refractivity contribution in [2.24, 2.45) is 0 Å². The molecule has 2 rings (SSSR count). The summed E-state index contributed by atoms with van der Waals surface area (Å²) in [7, 11) is 2.01. The summed E-state index contributed by atoms with van der Waals surface area (Å²) in [6.07, 6.45) is 2.29. The number of ether oxygens (including phenoxy) is 1. The van der Waals surface area contributed by atoms with E-state index in [9.17, 15) is 0 Å². The minimum absolute atomic E-state index is 0.457. The van der Waals surface area contributed by atoms with E-state index in [-0.39, 0.29) is 0 Å². The summed E-state index contributed by atoms with van der Waals surface area (Å²) in [6.45, 7) is 0.842. The largest absolute Gasteiger partial charge is 0.493 e. The highest BCUT2D eigenvalue weighted by molar-refractivity contribution is 5.36. The highest BCUT2D eigenvalue weighted by atomic mass is 16.5. The van der Waals surface area contributed by atoms with Crippen molar-refractivity contribution in [3.63, 3.8) is 0 Å². The Labute approximate surface area is 78.9 Å². The van der Waals surface area contributed by atoms with Crippen LogP contribution in [0.1, 0.15) is 24.4 Å². The number of hydrogen-bond donors (Lipinski definition) is 1. The number of benzene rings is 1. The monoisotopic (exact) mass is 177 g/mol. The molecule has 1 atom stereocenters. The lowest BCUT2D eigenvalue weighted by Gasteiger charge is -2.14. The Balaban J connectivity index is 2.35. The predicted octanol–water partition coefficient (Wildman–Crippen LogP) is 2.12. The Bertz CT molecular complexity index is 285. The maximum Gasteiger partial charge on any atom is 0.124 e. The second-order valence-corrected chi connectivity index (χ2v) is 3.37. The van der Waals surface area contributed by atoms with Crippen LogP contribution in [0.25, 0.3) is 0 Å². The first-order valence-corrected chi connectivity index (χ1v) is 4.81. The van der Waals surface area contributed by atoms with Gasteiger partial charge in [0.05, 0.1) is 6.61 Å². The first kappa shape index (κ1) is 8.57. The van der Waals surface area contributed by atoms with Gasteiger partial charge in [0, 0.05) is 11.6 Å². The molecule has 0 aromatic heterocycles. The van der Waals surface area contributed by atoms with Gasteiger partial charge in [0.15, 0.2) is 0 Å². The van der Waals surface area contributed by atoms with Gasteiger partial charge in [-0.2, -0.15) is 0 Å². The Hall–Kier alpha value is -1.02.